The van der Waals surface area contributed by atoms with Crippen LogP contribution in [0.3, 0.4) is 0 Å². The molecule has 1 amide bonds. The van der Waals surface area contributed by atoms with Gasteiger partial charge in [0, 0.05) is 26.2 Å². The minimum Gasteiger partial charge on any atom is -0.386 e. The zero-order valence-corrected chi connectivity index (χ0v) is 15.6. The van der Waals surface area contributed by atoms with Crippen molar-refractivity contribution in [3.63, 3.8) is 0 Å². The number of carbonyl (C=O) groups is 1. The molecule has 0 aromatic heterocycles. The minimum absolute atomic E-state index is 0.0611. The number of likely N-dealkylation sites (N-methyl/N-ethyl adjacent to an activating group) is 1. The fraction of sp³-hybridized carbons (Fsp3) is 0.533. The van der Waals surface area contributed by atoms with E-state index in [2.05, 4.69) is 4.72 Å². The Labute approximate surface area is 146 Å². The first-order chi connectivity index (χ1) is 11.3. The number of benzene rings is 1. The number of carbonyl (C=O) groups excluding carboxylic acids is 1. The van der Waals surface area contributed by atoms with Crippen LogP contribution in [0.2, 0.25) is 0 Å². The van der Waals surface area contributed by atoms with Crippen LogP contribution >= 0.6 is 0 Å². The number of sulfonamides is 1. The highest BCUT2D eigenvalue weighted by Crippen LogP contribution is 2.24. The summed E-state index contributed by atoms with van der Waals surface area (Å²) in [7, 11) is -1.11. The molecule has 9 nitrogen and oxygen atoms in total. The van der Waals surface area contributed by atoms with Crippen molar-refractivity contribution < 1.29 is 23.2 Å². The van der Waals surface area contributed by atoms with Crippen LogP contribution in [0.4, 0.5) is 5.69 Å². The third-order valence-electron chi connectivity index (χ3n) is 3.53. The Morgan fingerprint density at radius 1 is 1.32 bits per heavy atom. The normalized spacial score (nSPS) is 14.6. The van der Waals surface area contributed by atoms with Gasteiger partial charge in [0.15, 0.2) is 0 Å². The molecule has 1 aromatic rings. The minimum atomic E-state index is -3.95. The molecule has 1 aromatic carbocycles. The molecule has 10 heteroatoms. The van der Waals surface area contributed by atoms with Crippen LogP contribution in [0.15, 0.2) is 24.3 Å². The second kappa shape index (κ2) is 7.46. The summed E-state index contributed by atoms with van der Waals surface area (Å²) in [5, 5.41) is 21.4. The first-order valence-corrected chi connectivity index (χ1v) is 8.91. The van der Waals surface area contributed by atoms with E-state index in [0.717, 1.165) is 11.0 Å². The van der Waals surface area contributed by atoms with Gasteiger partial charge in [-0.1, -0.05) is 12.1 Å². The van der Waals surface area contributed by atoms with Gasteiger partial charge < -0.3 is 10.0 Å². The number of hydrogen-bond acceptors (Lipinski definition) is 6. The first-order valence-electron chi connectivity index (χ1n) is 7.43. The summed E-state index contributed by atoms with van der Waals surface area (Å²) in [5.41, 5.74) is -0.211. The molecule has 2 atom stereocenters. The Balaban J connectivity index is 3.31. The molecule has 25 heavy (non-hydrogen) atoms. The van der Waals surface area contributed by atoms with Gasteiger partial charge in [-0.05, 0) is 26.3 Å². The largest absolute Gasteiger partial charge is 0.386 e. The topological polar surface area (TPSA) is 130 Å². The van der Waals surface area contributed by atoms with Crippen LogP contribution < -0.4 is 4.72 Å². The monoisotopic (exact) mass is 373 g/mol. The predicted molar refractivity (Wildman–Crippen MR) is 92.3 cm³/mol. The summed E-state index contributed by atoms with van der Waals surface area (Å²) in [6.45, 7) is 4.35. The van der Waals surface area contributed by atoms with Crippen molar-refractivity contribution in [2.24, 2.45) is 0 Å². The number of nitro groups is 1. The Hall–Kier alpha value is -2.04. The van der Waals surface area contributed by atoms with Gasteiger partial charge in [-0.25, -0.2) is 8.42 Å². The average molecular weight is 373 g/mol. The zero-order valence-electron chi connectivity index (χ0n) is 14.8. The number of nitro benzene ring substituents is 1. The lowest BCUT2D eigenvalue weighted by molar-refractivity contribution is -0.385. The number of rotatable bonds is 6. The average Bonchev–Trinajstić information content (AvgIpc) is 2.50. The quantitative estimate of drug-likeness (QED) is 0.560. The van der Waals surface area contributed by atoms with E-state index < -0.39 is 37.7 Å². The first kappa shape index (κ1) is 21.0. The van der Waals surface area contributed by atoms with Crippen molar-refractivity contribution in [1.82, 2.24) is 9.62 Å². The molecule has 0 fully saturated rings. The molecule has 1 rings (SSSR count). The van der Waals surface area contributed by atoms with E-state index in [4.69, 9.17) is 0 Å². The molecule has 2 N–H and O–H groups in total. The summed E-state index contributed by atoms with van der Waals surface area (Å²) in [4.78, 5) is 23.8. The van der Waals surface area contributed by atoms with Gasteiger partial charge in [-0.15, -0.1) is 0 Å². The van der Waals surface area contributed by atoms with Crippen LogP contribution in [0.1, 0.15) is 32.4 Å². The molecule has 0 unspecified atom stereocenters. The van der Waals surface area contributed by atoms with E-state index in [1.54, 1.807) is 0 Å². The van der Waals surface area contributed by atoms with Gasteiger partial charge in [0.1, 0.15) is 12.1 Å². The number of nitrogens with zero attached hydrogens (tertiary/aromatic N) is 2. The lowest BCUT2D eigenvalue weighted by Gasteiger charge is -2.29. The van der Waals surface area contributed by atoms with Gasteiger partial charge in [0.25, 0.3) is 5.69 Å². The predicted octanol–water partition coefficient (Wildman–Crippen LogP) is 0.803. The summed E-state index contributed by atoms with van der Waals surface area (Å²) >= 11 is 0. The molecule has 0 saturated heterocycles. The maximum Gasteiger partial charge on any atom is 0.269 e. The molecular weight excluding hydrogens is 350 g/mol. The molecule has 0 bridgehead atoms. The molecule has 0 radical (unpaired) electrons. The van der Waals surface area contributed by atoms with Crippen LogP contribution in [-0.4, -0.2) is 54.1 Å². The van der Waals surface area contributed by atoms with E-state index in [1.807, 2.05) is 0 Å². The van der Waals surface area contributed by atoms with Crippen molar-refractivity contribution in [2.45, 2.75) is 37.7 Å². The zero-order chi connectivity index (χ0) is 19.6. The van der Waals surface area contributed by atoms with E-state index in [9.17, 15) is 28.4 Å². The highest BCUT2D eigenvalue weighted by Gasteiger charge is 2.38. The third-order valence-corrected chi connectivity index (χ3v) is 5.71. The van der Waals surface area contributed by atoms with Crippen LogP contribution in [0, 0.1) is 10.1 Å². The van der Waals surface area contributed by atoms with Gasteiger partial charge in [0.05, 0.1) is 9.67 Å². The van der Waals surface area contributed by atoms with Crippen molar-refractivity contribution in [2.75, 3.05) is 14.1 Å². The number of aliphatic hydroxyl groups excluding tert-OH is 1. The number of aliphatic hydroxyl groups is 1. The Kier molecular flexibility index (Phi) is 6.27. The van der Waals surface area contributed by atoms with Gasteiger partial charge in [-0.3, -0.25) is 14.9 Å². The summed E-state index contributed by atoms with van der Waals surface area (Å²) in [6, 6.07) is 3.57. The van der Waals surface area contributed by atoms with E-state index >= 15 is 0 Å². The smallest absolute Gasteiger partial charge is 0.269 e. The second-order valence-corrected chi connectivity index (χ2v) is 9.21. The molecule has 0 saturated carbocycles. The summed E-state index contributed by atoms with van der Waals surface area (Å²) < 4.78 is 25.8. The van der Waals surface area contributed by atoms with Crippen molar-refractivity contribution in [3.8, 4) is 0 Å². The fourth-order valence-corrected chi connectivity index (χ4v) is 2.80. The number of nitrogens with one attached hydrogen (secondary N) is 1. The molecule has 0 aliphatic heterocycles. The highest BCUT2D eigenvalue weighted by molar-refractivity contribution is 7.90. The summed E-state index contributed by atoms with van der Waals surface area (Å²) in [6.07, 6.45) is -1.59. The van der Waals surface area contributed by atoms with Gasteiger partial charge in [-0.2, -0.15) is 4.72 Å². The van der Waals surface area contributed by atoms with Gasteiger partial charge >= 0.3 is 0 Å². The lowest BCUT2D eigenvalue weighted by atomic mass is 10.0. The molecule has 140 valence electrons. The van der Waals surface area contributed by atoms with E-state index in [-0.39, 0.29) is 11.3 Å². The molecule has 0 aliphatic carbocycles. The Bertz CT molecular complexity index is 755. The third kappa shape index (κ3) is 4.97. The standard InChI is InChI=1S/C15H23N3O6S/c1-15(2,3)25(23,24)16-12(14(20)17(4)5)13(19)10-7-6-8-11(9-10)18(21)22/h6-9,12-13,16,19H,1-5H3/t12-,13+/m0/s1. The maximum absolute atomic E-state index is 12.4. The van der Waals surface area contributed by atoms with E-state index in [1.165, 1.54) is 53.1 Å². The van der Waals surface area contributed by atoms with Crippen molar-refractivity contribution in [3.05, 3.63) is 39.9 Å². The Morgan fingerprint density at radius 2 is 1.88 bits per heavy atom. The SMILES string of the molecule is CN(C)C(=O)[C@@H](NS(=O)(=O)C(C)(C)C)[C@H](O)c1cccc([N+](=O)[O-])c1. The van der Waals surface area contributed by atoms with Gasteiger partial charge in [0.2, 0.25) is 15.9 Å². The van der Waals surface area contributed by atoms with Crippen LogP contribution in [0.25, 0.3) is 0 Å². The molecular formula is C15H23N3O6S. The molecule has 0 heterocycles. The fourth-order valence-electron chi connectivity index (χ4n) is 1.89. The maximum atomic E-state index is 12.4. The number of hydrogen-bond donors (Lipinski definition) is 2. The Morgan fingerprint density at radius 3 is 2.32 bits per heavy atom. The molecule has 0 spiro atoms. The molecule has 0 aliphatic rings. The van der Waals surface area contributed by atoms with E-state index in [0.29, 0.717) is 0 Å². The second-order valence-electron chi connectivity index (χ2n) is 6.74. The van der Waals surface area contributed by atoms with Crippen LogP contribution in [0.5, 0.6) is 0 Å². The highest BCUT2D eigenvalue weighted by atomic mass is 32.2. The van der Waals surface area contributed by atoms with Crippen LogP contribution in [-0.2, 0) is 14.8 Å². The lowest BCUT2D eigenvalue weighted by Crippen LogP contribution is -2.53. The van der Waals surface area contributed by atoms with Crippen molar-refractivity contribution >= 4 is 21.6 Å². The summed E-state index contributed by atoms with van der Waals surface area (Å²) in [5.74, 6) is -0.674. The number of non-ortho nitro benzene ring substituents is 1. The van der Waals surface area contributed by atoms with Crippen molar-refractivity contribution in [1.29, 1.82) is 0 Å². The number of amides is 1.